The van der Waals surface area contributed by atoms with E-state index >= 15 is 0 Å². The summed E-state index contributed by atoms with van der Waals surface area (Å²) in [5, 5.41) is 0. The van der Waals surface area contributed by atoms with Crippen LogP contribution in [0.15, 0.2) is 54.6 Å². The Labute approximate surface area is 119 Å². The number of halogens is 3. The number of carbonyl (C=O) groups is 1. The van der Waals surface area contributed by atoms with Crippen LogP contribution >= 0.6 is 0 Å². The van der Waals surface area contributed by atoms with Gasteiger partial charge in [0, 0.05) is 5.56 Å². The van der Waals surface area contributed by atoms with Gasteiger partial charge in [-0.1, -0.05) is 42.5 Å². The topological polar surface area (TPSA) is 52.3 Å². The largest absolute Gasteiger partial charge is 0.435 e. The first kappa shape index (κ1) is 14.9. The maximum atomic E-state index is 14.5. The van der Waals surface area contributed by atoms with Crippen LogP contribution in [0.3, 0.4) is 0 Å². The van der Waals surface area contributed by atoms with E-state index < -0.39 is 29.5 Å². The van der Waals surface area contributed by atoms with Crippen molar-refractivity contribution in [1.82, 2.24) is 0 Å². The maximum Gasteiger partial charge on any atom is 0.405 e. The Bertz CT molecular complexity index is 632. The molecule has 110 valence electrons. The van der Waals surface area contributed by atoms with Crippen molar-refractivity contribution in [3.63, 3.8) is 0 Å². The van der Waals surface area contributed by atoms with E-state index in [0.29, 0.717) is 6.07 Å². The molecule has 0 aliphatic heterocycles. The smallest absolute Gasteiger partial charge is 0.405 e. The number of nitrogens with two attached hydrogens (primary N) is 1. The van der Waals surface area contributed by atoms with Gasteiger partial charge in [-0.2, -0.15) is 8.78 Å². The summed E-state index contributed by atoms with van der Waals surface area (Å²) in [5.74, 6) is -4.43. The van der Waals surface area contributed by atoms with Gasteiger partial charge in [-0.3, -0.25) is 0 Å². The first-order chi connectivity index (χ1) is 9.91. The summed E-state index contributed by atoms with van der Waals surface area (Å²) in [4.78, 5) is 10.9. The molecular weight excluding hydrogens is 283 g/mol. The fourth-order valence-electron chi connectivity index (χ4n) is 1.94. The normalized spacial score (nSPS) is 12.7. The van der Waals surface area contributed by atoms with Gasteiger partial charge in [-0.05, 0) is 17.7 Å². The minimum Gasteiger partial charge on any atom is -0.435 e. The molecule has 0 radical (unpaired) electrons. The molecule has 1 atom stereocenters. The molecule has 0 saturated carbocycles. The lowest BCUT2D eigenvalue weighted by Crippen LogP contribution is -2.30. The fraction of sp³-hybridized carbons (Fsp3) is 0.133. The summed E-state index contributed by atoms with van der Waals surface area (Å²) in [6.07, 6.45) is -3.27. The van der Waals surface area contributed by atoms with Gasteiger partial charge in [-0.25, -0.2) is 9.18 Å². The molecule has 0 aliphatic rings. The van der Waals surface area contributed by atoms with Crippen molar-refractivity contribution < 1.29 is 22.7 Å². The monoisotopic (exact) mass is 295 g/mol. The maximum absolute atomic E-state index is 14.5. The van der Waals surface area contributed by atoms with Gasteiger partial charge in [-0.15, -0.1) is 0 Å². The number of benzene rings is 2. The van der Waals surface area contributed by atoms with Crippen LogP contribution in [-0.4, -0.2) is 6.09 Å². The van der Waals surface area contributed by atoms with Crippen LogP contribution in [0, 0.1) is 5.82 Å². The number of amides is 1. The van der Waals surface area contributed by atoms with Gasteiger partial charge < -0.3 is 10.5 Å². The van der Waals surface area contributed by atoms with Gasteiger partial charge >= 0.3 is 12.0 Å². The van der Waals surface area contributed by atoms with E-state index in [0.717, 1.165) is 18.2 Å². The third-order valence-electron chi connectivity index (χ3n) is 2.88. The van der Waals surface area contributed by atoms with Crippen molar-refractivity contribution in [2.75, 3.05) is 0 Å². The number of rotatable bonds is 4. The van der Waals surface area contributed by atoms with Crippen molar-refractivity contribution in [3.8, 4) is 0 Å². The zero-order chi connectivity index (χ0) is 15.5. The van der Waals surface area contributed by atoms with Crippen molar-refractivity contribution >= 4 is 6.09 Å². The lowest BCUT2D eigenvalue weighted by Gasteiger charge is -2.26. The molecule has 21 heavy (non-hydrogen) atoms. The molecule has 2 aromatic rings. The van der Waals surface area contributed by atoms with Crippen LogP contribution in [0.1, 0.15) is 17.2 Å². The van der Waals surface area contributed by atoms with Crippen LogP contribution in [0.5, 0.6) is 0 Å². The zero-order valence-electron chi connectivity index (χ0n) is 10.8. The lowest BCUT2D eigenvalue weighted by atomic mass is 9.97. The molecule has 1 unspecified atom stereocenters. The zero-order valence-corrected chi connectivity index (χ0v) is 10.8. The first-order valence-corrected chi connectivity index (χ1v) is 6.06. The predicted octanol–water partition coefficient (Wildman–Crippen LogP) is 3.75. The van der Waals surface area contributed by atoms with E-state index in [1.807, 2.05) is 0 Å². The Kier molecular flexibility index (Phi) is 4.16. The van der Waals surface area contributed by atoms with E-state index in [9.17, 15) is 18.0 Å². The molecule has 6 heteroatoms. The number of primary amides is 1. The molecule has 2 rings (SSSR count). The standard InChI is InChI=1S/C15H12F3NO2/c16-12-8-4-7-11(9-12)15(17,18)13(21-14(19)20)10-5-2-1-3-6-10/h1-9,13H,(H2,19,20). The number of alkyl halides is 2. The Hall–Kier alpha value is -2.50. The second kappa shape index (κ2) is 5.87. The first-order valence-electron chi connectivity index (χ1n) is 6.06. The van der Waals surface area contributed by atoms with Crippen LogP contribution < -0.4 is 5.73 Å². The van der Waals surface area contributed by atoms with Crippen LogP contribution in [0.2, 0.25) is 0 Å². The molecule has 3 nitrogen and oxygen atoms in total. The van der Waals surface area contributed by atoms with Crippen LogP contribution in [0.25, 0.3) is 0 Å². The van der Waals surface area contributed by atoms with Crippen LogP contribution in [0.4, 0.5) is 18.0 Å². The quantitative estimate of drug-likeness (QED) is 0.933. The van der Waals surface area contributed by atoms with Crippen molar-refractivity contribution in [2.45, 2.75) is 12.0 Å². The fourth-order valence-corrected chi connectivity index (χ4v) is 1.94. The third kappa shape index (κ3) is 3.34. The van der Waals surface area contributed by atoms with Crippen molar-refractivity contribution in [3.05, 3.63) is 71.5 Å². The number of ether oxygens (including phenoxy) is 1. The minimum absolute atomic E-state index is 0.0607. The molecule has 0 saturated heterocycles. The predicted molar refractivity (Wildman–Crippen MR) is 70.1 cm³/mol. The average molecular weight is 295 g/mol. The summed E-state index contributed by atoms with van der Waals surface area (Å²) in [6, 6.07) is 11.4. The summed E-state index contributed by atoms with van der Waals surface area (Å²) in [6.45, 7) is 0. The highest BCUT2D eigenvalue weighted by molar-refractivity contribution is 5.65. The van der Waals surface area contributed by atoms with E-state index in [1.54, 1.807) is 6.07 Å². The highest BCUT2D eigenvalue weighted by atomic mass is 19.3. The average Bonchev–Trinajstić information content (AvgIpc) is 2.45. The van der Waals surface area contributed by atoms with Gasteiger partial charge in [0.2, 0.25) is 0 Å². The Morgan fingerprint density at radius 3 is 2.33 bits per heavy atom. The molecule has 1 amide bonds. The lowest BCUT2D eigenvalue weighted by molar-refractivity contribution is -0.119. The summed E-state index contributed by atoms with van der Waals surface area (Å²) < 4.78 is 46.8. The minimum atomic E-state index is -3.63. The second-order valence-electron chi connectivity index (χ2n) is 4.36. The Morgan fingerprint density at radius 1 is 1.10 bits per heavy atom. The molecule has 0 spiro atoms. The Morgan fingerprint density at radius 2 is 1.76 bits per heavy atom. The number of hydrogen-bond donors (Lipinski definition) is 1. The summed E-state index contributed by atoms with van der Waals surface area (Å²) >= 11 is 0. The van der Waals surface area contributed by atoms with E-state index in [4.69, 9.17) is 5.73 Å². The van der Waals surface area contributed by atoms with Crippen LogP contribution in [-0.2, 0) is 10.7 Å². The summed E-state index contributed by atoms with van der Waals surface area (Å²) in [5.41, 5.74) is 4.33. The summed E-state index contributed by atoms with van der Waals surface area (Å²) in [7, 11) is 0. The number of carbonyl (C=O) groups excluding carboxylic acids is 1. The van der Waals surface area contributed by atoms with Gasteiger partial charge in [0.15, 0.2) is 6.10 Å². The molecule has 0 bridgehead atoms. The molecule has 0 aliphatic carbocycles. The van der Waals surface area contributed by atoms with Gasteiger partial charge in [0.1, 0.15) is 5.82 Å². The molecule has 0 fully saturated rings. The van der Waals surface area contributed by atoms with E-state index in [2.05, 4.69) is 4.74 Å². The van der Waals surface area contributed by atoms with E-state index in [1.165, 1.54) is 24.3 Å². The van der Waals surface area contributed by atoms with Gasteiger partial charge in [0.05, 0.1) is 0 Å². The van der Waals surface area contributed by atoms with Crippen molar-refractivity contribution in [1.29, 1.82) is 0 Å². The van der Waals surface area contributed by atoms with E-state index in [-0.39, 0.29) is 5.56 Å². The highest BCUT2D eigenvalue weighted by Gasteiger charge is 2.45. The Balaban J connectivity index is 2.46. The molecule has 2 N–H and O–H groups in total. The molecular formula is C15H12F3NO2. The second-order valence-corrected chi connectivity index (χ2v) is 4.36. The third-order valence-corrected chi connectivity index (χ3v) is 2.88. The molecule has 0 aromatic heterocycles. The van der Waals surface area contributed by atoms with Crippen molar-refractivity contribution in [2.24, 2.45) is 5.73 Å². The molecule has 0 heterocycles. The number of hydrogen-bond acceptors (Lipinski definition) is 2. The highest BCUT2D eigenvalue weighted by Crippen LogP contribution is 2.43. The SMILES string of the molecule is NC(=O)OC(c1ccccc1)C(F)(F)c1cccc(F)c1. The van der Waals surface area contributed by atoms with Gasteiger partial charge in [0.25, 0.3) is 0 Å². The molecule has 2 aromatic carbocycles.